The molecule has 2 aliphatic heterocycles. The topological polar surface area (TPSA) is 24.5 Å². The van der Waals surface area contributed by atoms with Gasteiger partial charge in [0.2, 0.25) is 0 Å². The average Bonchev–Trinajstić information content (AvgIpc) is 2.77. The standard InChI is InChI=1S/C13H18N2O.ClH/c1-2-13-12(3-8-16-13)9-11(1)10-15-6-4-14-5-7-15;/h1-2,9,14H,3-8,10H2;1H. The zero-order chi connectivity index (χ0) is 10.8. The molecule has 1 aromatic carbocycles. The van der Waals surface area contributed by atoms with Gasteiger partial charge in [0, 0.05) is 39.1 Å². The molecule has 1 N–H and O–H groups in total. The van der Waals surface area contributed by atoms with Gasteiger partial charge in [-0.2, -0.15) is 0 Å². The lowest BCUT2D eigenvalue weighted by molar-refractivity contribution is 0.233. The van der Waals surface area contributed by atoms with Crippen molar-refractivity contribution < 1.29 is 4.74 Å². The number of piperazine rings is 1. The van der Waals surface area contributed by atoms with Crippen molar-refractivity contribution in [3.63, 3.8) is 0 Å². The maximum absolute atomic E-state index is 5.52. The highest BCUT2D eigenvalue weighted by Crippen LogP contribution is 2.26. The number of halogens is 1. The van der Waals surface area contributed by atoms with Crippen LogP contribution in [0, 0.1) is 0 Å². The quantitative estimate of drug-likeness (QED) is 0.865. The molecule has 0 aromatic heterocycles. The summed E-state index contributed by atoms with van der Waals surface area (Å²) in [4.78, 5) is 2.51. The summed E-state index contributed by atoms with van der Waals surface area (Å²) in [5.74, 6) is 1.09. The number of hydrogen-bond acceptors (Lipinski definition) is 3. The van der Waals surface area contributed by atoms with Gasteiger partial charge in [-0.1, -0.05) is 12.1 Å². The summed E-state index contributed by atoms with van der Waals surface area (Å²) >= 11 is 0. The molecule has 3 nitrogen and oxygen atoms in total. The normalized spacial score (nSPS) is 19.3. The van der Waals surface area contributed by atoms with Gasteiger partial charge in [-0.25, -0.2) is 0 Å². The third kappa shape index (κ3) is 2.92. The highest BCUT2D eigenvalue weighted by molar-refractivity contribution is 5.85. The number of fused-ring (bicyclic) bond motifs is 1. The molecular formula is C13H19ClN2O. The SMILES string of the molecule is Cl.c1cc2c(cc1CN1CCNCC1)CCO2. The van der Waals surface area contributed by atoms with E-state index in [1.165, 1.54) is 11.1 Å². The Bertz CT molecular complexity index is 378. The lowest BCUT2D eigenvalue weighted by Gasteiger charge is -2.27. The average molecular weight is 255 g/mol. The first-order valence-corrected chi connectivity index (χ1v) is 6.09. The predicted octanol–water partition coefficient (Wildman–Crippen LogP) is 1.45. The summed E-state index contributed by atoms with van der Waals surface area (Å²) in [6, 6.07) is 6.64. The van der Waals surface area contributed by atoms with E-state index >= 15 is 0 Å². The van der Waals surface area contributed by atoms with Crippen molar-refractivity contribution in [2.24, 2.45) is 0 Å². The van der Waals surface area contributed by atoms with Crippen LogP contribution in [-0.4, -0.2) is 37.7 Å². The lowest BCUT2D eigenvalue weighted by atomic mass is 10.1. The van der Waals surface area contributed by atoms with Crippen molar-refractivity contribution in [1.82, 2.24) is 10.2 Å². The maximum atomic E-state index is 5.52. The van der Waals surface area contributed by atoms with Crippen LogP contribution in [0.3, 0.4) is 0 Å². The van der Waals surface area contributed by atoms with Crippen LogP contribution in [0.4, 0.5) is 0 Å². The zero-order valence-corrected chi connectivity index (χ0v) is 10.8. The van der Waals surface area contributed by atoms with Crippen LogP contribution in [0.1, 0.15) is 11.1 Å². The molecule has 0 amide bonds. The van der Waals surface area contributed by atoms with Gasteiger partial charge in [0.15, 0.2) is 0 Å². The largest absolute Gasteiger partial charge is 0.493 e. The molecule has 1 saturated heterocycles. The van der Waals surface area contributed by atoms with Gasteiger partial charge < -0.3 is 10.1 Å². The Hall–Kier alpha value is -0.770. The molecule has 4 heteroatoms. The van der Waals surface area contributed by atoms with Crippen LogP contribution in [0.2, 0.25) is 0 Å². The van der Waals surface area contributed by atoms with Crippen LogP contribution >= 0.6 is 12.4 Å². The van der Waals surface area contributed by atoms with Crippen LogP contribution in [-0.2, 0) is 13.0 Å². The van der Waals surface area contributed by atoms with Gasteiger partial charge in [0.05, 0.1) is 6.61 Å². The Morgan fingerprint density at radius 1 is 1.24 bits per heavy atom. The van der Waals surface area contributed by atoms with Gasteiger partial charge in [-0.15, -0.1) is 12.4 Å². The second-order valence-electron chi connectivity index (χ2n) is 4.57. The summed E-state index contributed by atoms with van der Waals surface area (Å²) in [6.07, 6.45) is 1.07. The van der Waals surface area contributed by atoms with E-state index in [0.29, 0.717) is 0 Å². The fraction of sp³-hybridized carbons (Fsp3) is 0.538. The molecule has 0 atom stereocenters. The highest BCUT2D eigenvalue weighted by Gasteiger charge is 2.14. The van der Waals surface area contributed by atoms with Crippen molar-refractivity contribution in [3.8, 4) is 5.75 Å². The zero-order valence-electron chi connectivity index (χ0n) is 9.95. The van der Waals surface area contributed by atoms with Crippen LogP contribution in [0.25, 0.3) is 0 Å². The maximum Gasteiger partial charge on any atom is 0.122 e. The molecule has 0 saturated carbocycles. The smallest absolute Gasteiger partial charge is 0.122 e. The Labute approximate surface area is 109 Å². The molecule has 94 valence electrons. The van der Waals surface area contributed by atoms with E-state index in [2.05, 4.69) is 28.4 Å². The van der Waals surface area contributed by atoms with Crippen molar-refractivity contribution >= 4 is 12.4 Å². The van der Waals surface area contributed by atoms with Gasteiger partial charge >= 0.3 is 0 Å². The summed E-state index contributed by atoms with van der Waals surface area (Å²) in [7, 11) is 0. The molecule has 2 heterocycles. The van der Waals surface area contributed by atoms with Crippen LogP contribution < -0.4 is 10.1 Å². The Morgan fingerprint density at radius 3 is 2.88 bits per heavy atom. The Morgan fingerprint density at radius 2 is 2.06 bits per heavy atom. The molecule has 0 spiro atoms. The van der Waals surface area contributed by atoms with E-state index in [9.17, 15) is 0 Å². The molecule has 1 fully saturated rings. The van der Waals surface area contributed by atoms with Crippen LogP contribution in [0.5, 0.6) is 5.75 Å². The third-order valence-corrected chi connectivity index (χ3v) is 3.37. The minimum absolute atomic E-state index is 0. The number of ether oxygens (including phenoxy) is 1. The second kappa shape index (κ2) is 5.71. The molecule has 0 radical (unpaired) electrons. The minimum atomic E-state index is 0. The molecule has 2 aliphatic rings. The molecular weight excluding hydrogens is 236 g/mol. The van der Waals surface area contributed by atoms with E-state index in [1.807, 2.05) is 0 Å². The van der Waals surface area contributed by atoms with Gasteiger partial charge in [-0.3, -0.25) is 4.90 Å². The number of hydrogen-bond donors (Lipinski definition) is 1. The van der Waals surface area contributed by atoms with Gasteiger partial charge in [0.25, 0.3) is 0 Å². The summed E-state index contributed by atoms with van der Waals surface area (Å²) in [5, 5.41) is 3.38. The molecule has 3 rings (SSSR count). The van der Waals surface area contributed by atoms with E-state index in [1.54, 1.807) is 0 Å². The third-order valence-electron chi connectivity index (χ3n) is 3.37. The first-order valence-electron chi connectivity index (χ1n) is 6.09. The molecule has 17 heavy (non-hydrogen) atoms. The molecule has 0 unspecified atom stereocenters. The van der Waals surface area contributed by atoms with Crippen molar-refractivity contribution in [3.05, 3.63) is 29.3 Å². The van der Waals surface area contributed by atoms with Crippen LogP contribution in [0.15, 0.2) is 18.2 Å². The summed E-state index contributed by atoms with van der Waals surface area (Å²) < 4.78 is 5.52. The van der Waals surface area contributed by atoms with E-state index < -0.39 is 0 Å². The first-order chi connectivity index (χ1) is 7.92. The van der Waals surface area contributed by atoms with Gasteiger partial charge in [-0.05, 0) is 17.2 Å². The summed E-state index contributed by atoms with van der Waals surface area (Å²) in [6.45, 7) is 6.49. The van der Waals surface area contributed by atoms with Crippen molar-refractivity contribution in [2.75, 3.05) is 32.8 Å². The van der Waals surface area contributed by atoms with Crippen molar-refractivity contribution in [1.29, 1.82) is 0 Å². The Balaban J connectivity index is 0.00000108. The first kappa shape index (κ1) is 12.7. The second-order valence-corrected chi connectivity index (χ2v) is 4.57. The number of nitrogens with zero attached hydrogens (tertiary/aromatic N) is 1. The molecule has 1 aromatic rings. The Kier molecular flexibility index (Phi) is 4.26. The highest BCUT2D eigenvalue weighted by atomic mass is 35.5. The predicted molar refractivity (Wildman–Crippen MR) is 71.0 cm³/mol. The van der Waals surface area contributed by atoms with Gasteiger partial charge in [0.1, 0.15) is 5.75 Å². The fourth-order valence-corrected chi connectivity index (χ4v) is 2.47. The monoisotopic (exact) mass is 254 g/mol. The van der Waals surface area contributed by atoms with E-state index in [-0.39, 0.29) is 12.4 Å². The number of benzene rings is 1. The molecule has 0 bridgehead atoms. The number of rotatable bonds is 2. The fourth-order valence-electron chi connectivity index (χ4n) is 2.47. The summed E-state index contributed by atoms with van der Waals surface area (Å²) in [5.41, 5.74) is 2.80. The van der Waals surface area contributed by atoms with E-state index in [0.717, 1.165) is 51.5 Å². The van der Waals surface area contributed by atoms with Crippen molar-refractivity contribution in [2.45, 2.75) is 13.0 Å². The minimum Gasteiger partial charge on any atom is -0.493 e. The molecule has 0 aliphatic carbocycles. The number of nitrogens with one attached hydrogen (secondary N) is 1. The lowest BCUT2D eigenvalue weighted by Crippen LogP contribution is -2.42. The van der Waals surface area contributed by atoms with E-state index in [4.69, 9.17) is 4.74 Å².